The van der Waals surface area contributed by atoms with Crippen LogP contribution in [0.25, 0.3) is 0 Å². The van der Waals surface area contributed by atoms with Crippen molar-refractivity contribution in [3.05, 3.63) is 52.2 Å². The first-order chi connectivity index (χ1) is 12.5. The Morgan fingerprint density at radius 3 is 2.54 bits per heavy atom. The van der Waals surface area contributed by atoms with Gasteiger partial charge in [-0.1, -0.05) is 24.3 Å². The predicted molar refractivity (Wildman–Crippen MR) is 106 cm³/mol. The van der Waals surface area contributed by atoms with E-state index in [2.05, 4.69) is 15.5 Å². The normalized spacial score (nSPS) is 16.8. The number of carbonyl (C=O) groups excluding carboxylic acids is 2. The Morgan fingerprint density at radius 1 is 1.15 bits per heavy atom. The molecule has 0 bridgehead atoms. The van der Waals surface area contributed by atoms with Crippen LogP contribution >= 0.6 is 11.3 Å². The topological polar surface area (TPSA) is 61.4 Å². The molecule has 0 saturated carbocycles. The molecule has 2 heterocycles. The lowest BCUT2D eigenvalue weighted by Crippen LogP contribution is -2.50. The molecule has 0 unspecified atom stereocenters. The van der Waals surface area contributed by atoms with Gasteiger partial charge in [0.2, 0.25) is 5.91 Å². The van der Waals surface area contributed by atoms with Gasteiger partial charge in [-0.2, -0.15) is 0 Å². The molecule has 3 rings (SSSR count). The predicted octanol–water partition coefficient (Wildman–Crippen LogP) is 3.28. The minimum Gasteiger partial charge on any atom is -0.349 e. The Morgan fingerprint density at radius 2 is 1.88 bits per heavy atom. The van der Waals surface area contributed by atoms with Crippen molar-refractivity contribution in [2.75, 3.05) is 18.4 Å². The Bertz CT molecular complexity index is 752. The molecule has 0 radical (unpaired) electrons. The molecule has 1 atom stereocenters. The second-order valence-corrected chi connectivity index (χ2v) is 7.69. The summed E-state index contributed by atoms with van der Waals surface area (Å²) in [6, 6.07) is 11.5. The van der Waals surface area contributed by atoms with Crippen LogP contribution in [-0.4, -0.2) is 41.9 Å². The van der Waals surface area contributed by atoms with Crippen LogP contribution < -0.4 is 10.6 Å². The molecule has 1 aliphatic rings. The van der Waals surface area contributed by atoms with Crippen molar-refractivity contribution in [3.8, 4) is 0 Å². The molecular formula is C20H25N3O2S. The molecular weight excluding hydrogens is 346 g/mol. The van der Waals surface area contributed by atoms with Crippen LogP contribution in [0.3, 0.4) is 0 Å². The third kappa shape index (κ3) is 4.51. The Balaban J connectivity index is 1.48. The van der Waals surface area contributed by atoms with Crippen LogP contribution in [0.5, 0.6) is 0 Å². The van der Waals surface area contributed by atoms with E-state index < -0.39 is 0 Å². The molecule has 0 spiro atoms. The average molecular weight is 372 g/mol. The number of amides is 2. The molecule has 1 aliphatic heterocycles. The molecule has 6 heteroatoms. The highest BCUT2D eigenvalue weighted by molar-refractivity contribution is 7.12. The number of benzene rings is 1. The number of likely N-dealkylation sites (tertiary alicyclic amines) is 1. The van der Waals surface area contributed by atoms with Crippen LogP contribution in [0, 0.1) is 6.92 Å². The number of nitrogens with zero attached hydrogens (tertiary/aromatic N) is 1. The van der Waals surface area contributed by atoms with Crippen molar-refractivity contribution in [2.24, 2.45) is 0 Å². The van der Waals surface area contributed by atoms with Crippen molar-refractivity contribution < 1.29 is 9.59 Å². The second-order valence-electron chi connectivity index (χ2n) is 6.74. The molecule has 26 heavy (non-hydrogen) atoms. The average Bonchev–Trinajstić information content (AvgIpc) is 3.18. The van der Waals surface area contributed by atoms with Gasteiger partial charge in [-0.15, -0.1) is 11.3 Å². The summed E-state index contributed by atoms with van der Waals surface area (Å²) in [4.78, 5) is 27.6. The number of carbonyl (C=O) groups is 2. The lowest BCUT2D eigenvalue weighted by molar-refractivity contribution is -0.121. The van der Waals surface area contributed by atoms with E-state index in [9.17, 15) is 9.59 Å². The third-order valence-corrected chi connectivity index (χ3v) is 5.81. The van der Waals surface area contributed by atoms with E-state index >= 15 is 0 Å². The van der Waals surface area contributed by atoms with E-state index in [1.165, 1.54) is 11.3 Å². The maximum absolute atomic E-state index is 12.6. The smallest absolute Gasteiger partial charge is 0.261 e. The molecule has 2 amide bonds. The fourth-order valence-electron chi connectivity index (χ4n) is 3.21. The number of piperidine rings is 1. The highest BCUT2D eigenvalue weighted by Gasteiger charge is 2.27. The SMILES string of the molecule is Cc1ccccc1NC(=O)[C@H](C)N1CCC(NC(=O)c2cccs2)CC1. The van der Waals surface area contributed by atoms with Gasteiger partial charge in [-0.3, -0.25) is 14.5 Å². The Labute approximate surface area is 158 Å². The van der Waals surface area contributed by atoms with Crippen LogP contribution in [-0.2, 0) is 4.79 Å². The van der Waals surface area contributed by atoms with Crippen LogP contribution in [0.1, 0.15) is 35.0 Å². The fraction of sp³-hybridized carbons (Fsp3) is 0.400. The number of hydrogen-bond acceptors (Lipinski definition) is 4. The number of nitrogens with one attached hydrogen (secondary N) is 2. The summed E-state index contributed by atoms with van der Waals surface area (Å²) in [5, 5.41) is 8.03. The number of aryl methyl sites for hydroxylation is 1. The number of rotatable bonds is 5. The van der Waals surface area contributed by atoms with Crippen LogP contribution in [0.2, 0.25) is 0 Å². The molecule has 1 aromatic heterocycles. The van der Waals surface area contributed by atoms with Crippen LogP contribution in [0.4, 0.5) is 5.69 Å². The van der Waals surface area contributed by atoms with Gasteiger partial charge < -0.3 is 10.6 Å². The van der Waals surface area contributed by atoms with Crippen LogP contribution in [0.15, 0.2) is 41.8 Å². The first-order valence-electron chi connectivity index (χ1n) is 8.99. The van der Waals surface area contributed by atoms with E-state index in [1.54, 1.807) is 0 Å². The standard InChI is InChI=1S/C20H25N3O2S/c1-14-6-3-4-7-17(14)22-19(24)15(2)23-11-9-16(10-12-23)21-20(25)18-8-5-13-26-18/h3-8,13,15-16H,9-12H2,1-2H3,(H,21,25)(H,22,24)/t15-/m0/s1. The monoisotopic (exact) mass is 371 g/mol. The lowest BCUT2D eigenvalue weighted by Gasteiger charge is -2.35. The number of thiophene rings is 1. The van der Waals surface area contributed by atoms with Gasteiger partial charge in [-0.25, -0.2) is 0 Å². The van der Waals surface area contributed by atoms with Crippen molar-refractivity contribution in [1.82, 2.24) is 10.2 Å². The molecule has 138 valence electrons. The van der Waals surface area contributed by atoms with Gasteiger partial charge in [0.25, 0.3) is 5.91 Å². The van der Waals surface area contributed by atoms with Crippen molar-refractivity contribution in [1.29, 1.82) is 0 Å². The van der Waals surface area contributed by atoms with Crippen molar-refractivity contribution in [3.63, 3.8) is 0 Å². The highest BCUT2D eigenvalue weighted by Crippen LogP contribution is 2.18. The van der Waals surface area contributed by atoms with E-state index in [0.29, 0.717) is 0 Å². The maximum Gasteiger partial charge on any atom is 0.261 e. The summed E-state index contributed by atoms with van der Waals surface area (Å²) in [6.45, 7) is 5.54. The summed E-state index contributed by atoms with van der Waals surface area (Å²) in [5.74, 6) is 0.0177. The molecule has 1 fully saturated rings. The largest absolute Gasteiger partial charge is 0.349 e. The van der Waals surface area contributed by atoms with E-state index in [0.717, 1.165) is 42.1 Å². The van der Waals surface area contributed by atoms with Gasteiger partial charge in [-0.05, 0) is 49.8 Å². The van der Waals surface area contributed by atoms with Gasteiger partial charge in [0.05, 0.1) is 10.9 Å². The first kappa shape index (κ1) is 18.6. The Kier molecular flexibility index (Phi) is 6.06. The number of anilines is 1. The summed E-state index contributed by atoms with van der Waals surface area (Å²) >= 11 is 1.46. The van der Waals surface area contributed by atoms with Crippen molar-refractivity contribution in [2.45, 2.75) is 38.8 Å². The van der Waals surface area contributed by atoms with E-state index in [1.807, 2.05) is 55.6 Å². The number of para-hydroxylation sites is 1. The first-order valence-corrected chi connectivity index (χ1v) is 9.87. The summed E-state index contributed by atoms with van der Waals surface area (Å²) in [7, 11) is 0. The van der Waals surface area contributed by atoms with Gasteiger partial charge in [0.15, 0.2) is 0 Å². The summed E-state index contributed by atoms with van der Waals surface area (Å²) in [5.41, 5.74) is 1.92. The summed E-state index contributed by atoms with van der Waals surface area (Å²) < 4.78 is 0. The van der Waals surface area contributed by atoms with Gasteiger partial charge >= 0.3 is 0 Å². The molecule has 1 saturated heterocycles. The zero-order valence-corrected chi connectivity index (χ0v) is 16.0. The zero-order chi connectivity index (χ0) is 18.5. The Hall–Kier alpha value is -2.18. The van der Waals surface area contributed by atoms with Gasteiger partial charge in [0, 0.05) is 24.8 Å². The molecule has 2 N–H and O–H groups in total. The second kappa shape index (κ2) is 8.47. The summed E-state index contributed by atoms with van der Waals surface area (Å²) in [6.07, 6.45) is 1.72. The van der Waals surface area contributed by atoms with Gasteiger partial charge in [0.1, 0.15) is 0 Å². The molecule has 0 aliphatic carbocycles. The van der Waals surface area contributed by atoms with Crippen molar-refractivity contribution >= 4 is 28.8 Å². The maximum atomic E-state index is 12.6. The highest BCUT2D eigenvalue weighted by atomic mass is 32.1. The molecule has 5 nitrogen and oxygen atoms in total. The minimum absolute atomic E-state index is 0.00351. The molecule has 1 aromatic carbocycles. The van der Waals surface area contributed by atoms with E-state index in [4.69, 9.17) is 0 Å². The van der Waals surface area contributed by atoms with E-state index in [-0.39, 0.29) is 23.9 Å². The zero-order valence-electron chi connectivity index (χ0n) is 15.2. The number of hydrogen-bond donors (Lipinski definition) is 2. The third-order valence-electron chi connectivity index (χ3n) is 4.94. The fourth-order valence-corrected chi connectivity index (χ4v) is 3.84. The molecule has 2 aromatic rings. The minimum atomic E-state index is -0.191. The quantitative estimate of drug-likeness (QED) is 0.848. The lowest BCUT2D eigenvalue weighted by atomic mass is 10.0.